The zero-order valence-corrected chi connectivity index (χ0v) is 6.89. The minimum absolute atomic E-state index is 0.736. The van der Waals surface area contributed by atoms with Crippen molar-refractivity contribution in [3.8, 4) is 0 Å². The number of benzene rings is 1. The molecule has 0 N–H and O–H groups in total. The molecule has 0 atom stereocenters. The summed E-state index contributed by atoms with van der Waals surface area (Å²) in [5.41, 5.74) is 3.29. The second-order valence-electron chi connectivity index (χ2n) is 2.58. The largest absolute Gasteiger partial charge is 0.238 e. The molecule has 0 bridgehead atoms. The molecule has 1 rings (SSSR count). The smallest absolute Gasteiger partial charge is 0.187 e. The number of hydrogen-bond acceptors (Lipinski definition) is 0. The van der Waals surface area contributed by atoms with Crippen molar-refractivity contribution in [3.05, 3.63) is 40.7 Å². The Morgan fingerprint density at radius 3 is 2.64 bits per heavy atom. The lowest BCUT2D eigenvalue weighted by molar-refractivity contribution is 1.11. The minimum atomic E-state index is 0.736. The van der Waals surface area contributed by atoms with Crippen LogP contribution in [-0.2, 0) is 6.42 Å². The normalized spacial score (nSPS) is 9.18. The van der Waals surface area contributed by atoms with E-state index < -0.39 is 0 Å². The van der Waals surface area contributed by atoms with Crippen molar-refractivity contribution < 1.29 is 0 Å². The quantitative estimate of drug-likeness (QED) is 0.535. The first kappa shape index (κ1) is 7.81. The average molecular weight is 145 g/mol. The molecular formula is C10H11N. The molecule has 0 saturated carbocycles. The van der Waals surface area contributed by atoms with Crippen molar-refractivity contribution in [1.29, 1.82) is 0 Å². The summed E-state index contributed by atoms with van der Waals surface area (Å²) in [5, 5.41) is 0. The molecule has 0 aliphatic carbocycles. The van der Waals surface area contributed by atoms with Crippen molar-refractivity contribution in [2.75, 3.05) is 0 Å². The van der Waals surface area contributed by atoms with Crippen LogP contribution in [0.25, 0.3) is 4.85 Å². The minimum Gasteiger partial charge on any atom is -0.238 e. The molecular weight excluding hydrogens is 134 g/mol. The molecule has 0 radical (unpaired) electrons. The van der Waals surface area contributed by atoms with E-state index in [1.807, 2.05) is 25.1 Å². The topological polar surface area (TPSA) is 4.36 Å². The molecule has 0 spiro atoms. The molecule has 0 heterocycles. The highest BCUT2D eigenvalue weighted by Crippen LogP contribution is 2.17. The molecule has 1 heteroatoms. The number of rotatable bonds is 1. The summed E-state index contributed by atoms with van der Waals surface area (Å²) in [6, 6.07) is 5.84. The van der Waals surface area contributed by atoms with Gasteiger partial charge in [-0.3, -0.25) is 0 Å². The van der Waals surface area contributed by atoms with Gasteiger partial charge in [-0.2, -0.15) is 0 Å². The number of nitrogens with zero attached hydrogens (tertiary/aromatic N) is 1. The molecule has 1 aromatic carbocycles. The van der Waals surface area contributed by atoms with Gasteiger partial charge < -0.3 is 0 Å². The molecule has 0 aliphatic rings. The fraction of sp³-hybridized carbons (Fsp3) is 0.300. The Hall–Kier alpha value is -1.29. The van der Waals surface area contributed by atoms with E-state index in [1.165, 1.54) is 11.1 Å². The van der Waals surface area contributed by atoms with Gasteiger partial charge in [-0.15, -0.1) is 0 Å². The van der Waals surface area contributed by atoms with Crippen molar-refractivity contribution >= 4 is 5.69 Å². The maximum atomic E-state index is 6.79. The molecule has 0 fully saturated rings. The fourth-order valence-electron chi connectivity index (χ4n) is 1.15. The van der Waals surface area contributed by atoms with Crippen LogP contribution in [0.4, 0.5) is 5.69 Å². The van der Waals surface area contributed by atoms with Crippen molar-refractivity contribution in [3.63, 3.8) is 0 Å². The number of hydrogen-bond donors (Lipinski definition) is 0. The zero-order chi connectivity index (χ0) is 8.27. The summed E-state index contributed by atoms with van der Waals surface area (Å²) < 4.78 is 0. The summed E-state index contributed by atoms with van der Waals surface area (Å²) in [6.07, 6.45) is 1.05. The molecule has 0 aromatic heterocycles. The van der Waals surface area contributed by atoms with Crippen LogP contribution in [0.2, 0.25) is 0 Å². The number of aryl methyl sites for hydroxylation is 2. The van der Waals surface area contributed by atoms with E-state index in [-0.39, 0.29) is 0 Å². The first-order valence-electron chi connectivity index (χ1n) is 3.75. The lowest BCUT2D eigenvalue weighted by atomic mass is 10.1. The molecule has 1 nitrogen and oxygen atoms in total. The molecule has 56 valence electrons. The zero-order valence-electron chi connectivity index (χ0n) is 6.89. The van der Waals surface area contributed by atoms with Gasteiger partial charge in [-0.25, -0.2) is 4.85 Å². The fourth-order valence-corrected chi connectivity index (χ4v) is 1.15. The molecule has 0 amide bonds. The van der Waals surface area contributed by atoms with E-state index in [0.717, 1.165) is 12.1 Å². The Morgan fingerprint density at radius 2 is 2.18 bits per heavy atom. The summed E-state index contributed by atoms with van der Waals surface area (Å²) in [4.78, 5) is 3.36. The lowest BCUT2D eigenvalue weighted by Crippen LogP contribution is -1.83. The second kappa shape index (κ2) is 3.21. The standard InChI is InChI=1S/C10H11N/c1-4-9-5-6-10(11-3)7-8(9)2/h5-7H,4H2,1-2H3. The van der Waals surface area contributed by atoms with E-state index in [0.29, 0.717) is 0 Å². The van der Waals surface area contributed by atoms with Crippen LogP contribution in [-0.4, -0.2) is 0 Å². The van der Waals surface area contributed by atoms with Gasteiger partial charge >= 0.3 is 0 Å². The Kier molecular flexibility index (Phi) is 2.28. The predicted octanol–water partition coefficient (Wildman–Crippen LogP) is 3.11. The molecule has 0 unspecified atom stereocenters. The van der Waals surface area contributed by atoms with E-state index in [1.54, 1.807) is 0 Å². The van der Waals surface area contributed by atoms with Crippen molar-refractivity contribution in [2.24, 2.45) is 0 Å². The van der Waals surface area contributed by atoms with E-state index in [9.17, 15) is 0 Å². The van der Waals surface area contributed by atoms with Crippen LogP contribution >= 0.6 is 0 Å². The van der Waals surface area contributed by atoms with Gasteiger partial charge in [0, 0.05) is 0 Å². The summed E-state index contributed by atoms with van der Waals surface area (Å²) >= 11 is 0. The van der Waals surface area contributed by atoms with Gasteiger partial charge in [-0.1, -0.05) is 30.7 Å². The molecule has 1 aromatic rings. The third-order valence-electron chi connectivity index (χ3n) is 1.84. The summed E-state index contributed by atoms with van der Waals surface area (Å²) in [6.45, 7) is 11.0. The SMILES string of the molecule is [C-]#[N+]c1ccc(CC)c(C)c1. The third-order valence-corrected chi connectivity index (χ3v) is 1.84. The molecule has 11 heavy (non-hydrogen) atoms. The maximum absolute atomic E-state index is 6.79. The van der Waals surface area contributed by atoms with Gasteiger partial charge in [0.1, 0.15) is 0 Å². The first-order chi connectivity index (χ1) is 5.27. The lowest BCUT2D eigenvalue weighted by Gasteiger charge is -2.01. The van der Waals surface area contributed by atoms with Gasteiger partial charge in [-0.05, 0) is 18.9 Å². The Bertz CT molecular complexity index is 294. The average Bonchev–Trinajstić information content (AvgIpc) is 2.04. The first-order valence-corrected chi connectivity index (χ1v) is 3.75. The van der Waals surface area contributed by atoms with Gasteiger partial charge in [0.25, 0.3) is 0 Å². The van der Waals surface area contributed by atoms with E-state index in [4.69, 9.17) is 6.57 Å². The van der Waals surface area contributed by atoms with Crippen LogP contribution in [0.15, 0.2) is 18.2 Å². The van der Waals surface area contributed by atoms with Gasteiger partial charge in [0.15, 0.2) is 5.69 Å². The third kappa shape index (κ3) is 1.59. The predicted molar refractivity (Wildman–Crippen MR) is 46.8 cm³/mol. The van der Waals surface area contributed by atoms with E-state index in [2.05, 4.69) is 11.8 Å². The molecule has 0 aliphatic heterocycles. The van der Waals surface area contributed by atoms with Crippen molar-refractivity contribution in [1.82, 2.24) is 0 Å². The van der Waals surface area contributed by atoms with Crippen LogP contribution in [0.3, 0.4) is 0 Å². The molecule has 0 saturated heterocycles. The summed E-state index contributed by atoms with van der Waals surface area (Å²) in [7, 11) is 0. The van der Waals surface area contributed by atoms with Crippen LogP contribution in [0.5, 0.6) is 0 Å². The highest BCUT2D eigenvalue weighted by molar-refractivity contribution is 5.49. The monoisotopic (exact) mass is 145 g/mol. The van der Waals surface area contributed by atoms with E-state index >= 15 is 0 Å². The summed E-state index contributed by atoms with van der Waals surface area (Å²) in [5.74, 6) is 0. The Morgan fingerprint density at radius 1 is 1.45 bits per heavy atom. The van der Waals surface area contributed by atoms with Crippen LogP contribution in [0.1, 0.15) is 18.1 Å². The highest BCUT2D eigenvalue weighted by Gasteiger charge is 1.95. The maximum Gasteiger partial charge on any atom is 0.187 e. The highest BCUT2D eigenvalue weighted by atomic mass is 14.6. The Balaban J connectivity index is 3.12. The Labute approximate surface area is 67.5 Å². The van der Waals surface area contributed by atoms with Crippen LogP contribution in [0, 0.1) is 13.5 Å². The van der Waals surface area contributed by atoms with Gasteiger partial charge in [0.05, 0.1) is 6.57 Å². The van der Waals surface area contributed by atoms with Gasteiger partial charge in [0.2, 0.25) is 0 Å². The van der Waals surface area contributed by atoms with Crippen molar-refractivity contribution in [2.45, 2.75) is 20.3 Å². The second-order valence-corrected chi connectivity index (χ2v) is 2.58. The van der Waals surface area contributed by atoms with Crippen LogP contribution < -0.4 is 0 Å².